The summed E-state index contributed by atoms with van der Waals surface area (Å²) in [6, 6.07) is 11.3. The lowest BCUT2D eigenvalue weighted by atomic mass is 10.2. The Hall–Kier alpha value is -2.07. The molecule has 0 amide bonds. The van der Waals surface area contributed by atoms with Crippen LogP contribution in [0.1, 0.15) is 11.1 Å². The van der Waals surface area contributed by atoms with Crippen LogP contribution in [0.25, 0.3) is 5.65 Å². The van der Waals surface area contributed by atoms with Gasteiger partial charge in [-0.15, -0.1) is 5.10 Å². The zero-order valence-corrected chi connectivity index (χ0v) is 17.6. The molecule has 0 saturated carbocycles. The van der Waals surface area contributed by atoms with Crippen molar-refractivity contribution in [2.24, 2.45) is 0 Å². The molecular formula is C19H24N5O2S2+. The van der Waals surface area contributed by atoms with Gasteiger partial charge in [0.05, 0.1) is 31.1 Å². The number of aryl methyl sites for hydroxylation is 2. The van der Waals surface area contributed by atoms with Crippen molar-refractivity contribution >= 4 is 27.9 Å². The number of pyridine rings is 1. The number of rotatable bonds is 4. The van der Waals surface area contributed by atoms with Crippen molar-refractivity contribution in [1.29, 1.82) is 0 Å². The smallest absolute Gasteiger partial charge is 0.243 e. The van der Waals surface area contributed by atoms with Crippen molar-refractivity contribution in [2.45, 2.75) is 25.4 Å². The van der Waals surface area contributed by atoms with Gasteiger partial charge < -0.3 is 4.90 Å². The molecule has 3 aromatic rings. The van der Waals surface area contributed by atoms with E-state index in [2.05, 4.69) is 5.10 Å². The highest BCUT2D eigenvalue weighted by Crippen LogP contribution is 2.20. The second kappa shape index (κ2) is 7.40. The van der Waals surface area contributed by atoms with Crippen LogP contribution in [-0.4, -0.2) is 53.1 Å². The lowest BCUT2D eigenvalue weighted by Crippen LogP contribution is -3.14. The molecule has 148 valence electrons. The van der Waals surface area contributed by atoms with E-state index >= 15 is 0 Å². The number of fused-ring (bicyclic) bond motifs is 1. The normalized spacial score (nSPS) is 16.6. The first kappa shape index (κ1) is 19.3. The van der Waals surface area contributed by atoms with E-state index in [0.29, 0.717) is 29.4 Å². The molecule has 0 atom stereocenters. The minimum Gasteiger partial charge on any atom is -0.314 e. The van der Waals surface area contributed by atoms with Gasteiger partial charge in [0.2, 0.25) is 14.8 Å². The molecule has 9 heteroatoms. The van der Waals surface area contributed by atoms with Gasteiger partial charge in [-0.1, -0.05) is 23.8 Å². The topological polar surface area (TPSA) is 64.0 Å². The molecule has 0 aliphatic carbocycles. The standard InChI is InChI=1S/C19H23N5O2S2/c1-15-6-7-17(16(2)13-15)28(25,26)22-11-9-21(10-12-22)14-24-19(27)23-8-4-3-5-18(23)20-24/h3-8,13H,9-12,14H2,1-2H3/p+1. The first-order valence-electron chi connectivity index (χ1n) is 9.31. The maximum absolute atomic E-state index is 13.0. The summed E-state index contributed by atoms with van der Waals surface area (Å²) in [5.41, 5.74) is 2.68. The predicted octanol–water partition coefficient (Wildman–Crippen LogP) is 1.03. The summed E-state index contributed by atoms with van der Waals surface area (Å²) in [6.45, 7) is 6.89. The van der Waals surface area contributed by atoms with E-state index < -0.39 is 10.0 Å². The maximum atomic E-state index is 13.0. The zero-order valence-electron chi connectivity index (χ0n) is 16.0. The van der Waals surface area contributed by atoms with Crippen LogP contribution in [0.4, 0.5) is 0 Å². The first-order chi connectivity index (χ1) is 13.4. The average Bonchev–Trinajstić information content (AvgIpc) is 2.98. The van der Waals surface area contributed by atoms with Gasteiger partial charge in [0.25, 0.3) is 0 Å². The third-order valence-electron chi connectivity index (χ3n) is 5.24. The highest BCUT2D eigenvalue weighted by molar-refractivity contribution is 7.89. The number of sulfonamides is 1. The molecular weight excluding hydrogens is 394 g/mol. The van der Waals surface area contributed by atoms with Gasteiger partial charge in [-0.3, -0.25) is 4.40 Å². The maximum Gasteiger partial charge on any atom is 0.243 e. The molecule has 2 aromatic heterocycles. The van der Waals surface area contributed by atoms with E-state index in [1.165, 1.54) is 4.90 Å². The fourth-order valence-electron chi connectivity index (χ4n) is 3.71. The summed E-state index contributed by atoms with van der Waals surface area (Å²) in [4.78, 5) is 1.68. The number of hydrogen-bond donors (Lipinski definition) is 1. The summed E-state index contributed by atoms with van der Waals surface area (Å²) in [5.74, 6) is 0. The molecule has 4 rings (SSSR count). The molecule has 1 aromatic carbocycles. The van der Waals surface area contributed by atoms with Gasteiger partial charge in [-0.2, -0.15) is 8.99 Å². The molecule has 0 radical (unpaired) electrons. The lowest BCUT2D eigenvalue weighted by molar-refractivity contribution is -0.926. The van der Waals surface area contributed by atoms with Gasteiger partial charge in [0, 0.05) is 6.20 Å². The van der Waals surface area contributed by atoms with E-state index in [1.54, 1.807) is 10.4 Å². The van der Waals surface area contributed by atoms with Gasteiger partial charge in [0.1, 0.15) is 0 Å². The second-order valence-corrected chi connectivity index (χ2v) is 9.56. The molecule has 1 aliphatic rings. The molecule has 0 unspecified atom stereocenters. The first-order valence-corrected chi connectivity index (χ1v) is 11.2. The van der Waals surface area contributed by atoms with Crippen LogP contribution in [0.3, 0.4) is 0 Å². The van der Waals surface area contributed by atoms with Crippen LogP contribution in [-0.2, 0) is 16.7 Å². The number of hydrogen-bond acceptors (Lipinski definition) is 4. The lowest BCUT2D eigenvalue weighted by Gasteiger charge is -2.31. The summed E-state index contributed by atoms with van der Waals surface area (Å²) >= 11 is 5.51. The molecule has 3 heterocycles. The molecule has 7 nitrogen and oxygen atoms in total. The van der Waals surface area contributed by atoms with Crippen LogP contribution in [0.5, 0.6) is 0 Å². The van der Waals surface area contributed by atoms with Crippen molar-refractivity contribution in [2.75, 3.05) is 26.2 Å². The van der Waals surface area contributed by atoms with E-state index in [-0.39, 0.29) is 0 Å². The monoisotopic (exact) mass is 418 g/mol. The van der Waals surface area contributed by atoms with Crippen LogP contribution >= 0.6 is 12.2 Å². The van der Waals surface area contributed by atoms with Crippen molar-refractivity contribution in [3.05, 3.63) is 58.5 Å². The minimum absolute atomic E-state index is 0.407. The molecule has 1 aliphatic heterocycles. The number of nitrogens with one attached hydrogen (secondary N) is 1. The highest BCUT2D eigenvalue weighted by atomic mass is 32.2. The van der Waals surface area contributed by atoms with E-state index in [1.807, 2.05) is 59.5 Å². The quantitative estimate of drug-likeness (QED) is 0.643. The Morgan fingerprint density at radius 3 is 2.57 bits per heavy atom. The van der Waals surface area contributed by atoms with Gasteiger partial charge >= 0.3 is 0 Å². The van der Waals surface area contributed by atoms with Crippen molar-refractivity contribution in [3.63, 3.8) is 0 Å². The van der Waals surface area contributed by atoms with Crippen molar-refractivity contribution in [1.82, 2.24) is 18.5 Å². The van der Waals surface area contributed by atoms with E-state index in [9.17, 15) is 8.42 Å². The average molecular weight is 419 g/mol. The van der Waals surface area contributed by atoms with E-state index in [4.69, 9.17) is 12.2 Å². The predicted molar refractivity (Wildman–Crippen MR) is 109 cm³/mol. The second-order valence-electron chi connectivity index (χ2n) is 7.29. The Balaban J connectivity index is 1.47. The Morgan fingerprint density at radius 2 is 1.89 bits per heavy atom. The molecule has 0 bridgehead atoms. The highest BCUT2D eigenvalue weighted by Gasteiger charge is 2.31. The number of aromatic nitrogens is 3. The Labute approximate surface area is 169 Å². The number of quaternary nitrogens is 1. The van der Waals surface area contributed by atoms with Crippen molar-refractivity contribution < 1.29 is 13.3 Å². The van der Waals surface area contributed by atoms with Gasteiger partial charge in [-0.05, 0) is 49.8 Å². The fraction of sp³-hybridized carbons (Fsp3) is 0.368. The Morgan fingerprint density at radius 1 is 1.14 bits per heavy atom. The number of benzene rings is 1. The molecule has 28 heavy (non-hydrogen) atoms. The molecule has 1 saturated heterocycles. The summed E-state index contributed by atoms with van der Waals surface area (Å²) in [6.07, 6.45) is 1.91. The molecule has 0 spiro atoms. The summed E-state index contributed by atoms with van der Waals surface area (Å²) < 4.78 is 32.0. The largest absolute Gasteiger partial charge is 0.314 e. The van der Waals surface area contributed by atoms with Gasteiger partial charge in [-0.25, -0.2) is 8.42 Å². The third-order valence-corrected chi connectivity index (χ3v) is 7.71. The third kappa shape index (κ3) is 3.50. The van der Waals surface area contributed by atoms with Crippen LogP contribution in [0.15, 0.2) is 47.5 Å². The summed E-state index contributed by atoms with van der Waals surface area (Å²) in [5, 5.41) is 4.56. The fourth-order valence-corrected chi connectivity index (χ4v) is 5.62. The Kier molecular flexibility index (Phi) is 5.09. The van der Waals surface area contributed by atoms with E-state index in [0.717, 1.165) is 29.9 Å². The summed E-state index contributed by atoms with van der Waals surface area (Å²) in [7, 11) is -3.46. The zero-order chi connectivity index (χ0) is 19.9. The molecule has 1 N–H and O–H groups in total. The SMILES string of the molecule is Cc1ccc(S(=O)(=O)N2CC[NH+](Cn3nc4ccccn4c3=S)CC2)c(C)c1. The van der Waals surface area contributed by atoms with Crippen LogP contribution < -0.4 is 4.90 Å². The number of piperazine rings is 1. The van der Waals surface area contributed by atoms with Crippen LogP contribution in [0.2, 0.25) is 0 Å². The Bertz CT molecular complexity index is 1170. The minimum atomic E-state index is -3.46. The molecule has 1 fully saturated rings. The van der Waals surface area contributed by atoms with Gasteiger partial charge in [0.15, 0.2) is 12.3 Å². The van der Waals surface area contributed by atoms with Crippen molar-refractivity contribution in [3.8, 4) is 0 Å². The number of nitrogens with zero attached hydrogens (tertiary/aromatic N) is 4. The van der Waals surface area contributed by atoms with Crippen LogP contribution in [0, 0.1) is 18.6 Å².